The van der Waals surface area contributed by atoms with Crippen LogP contribution >= 0.6 is 0 Å². The van der Waals surface area contributed by atoms with Crippen LogP contribution in [0.15, 0.2) is 27.0 Å². The van der Waals surface area contributed by atoms with E-state index >= 15 is 0 Å². The maximum Gasteiger partial charge on any atom is 0.336 e. The van der Waals surface area contributed by atoms with Gasteiger partial charge in [-0.2, -0.15) is 0 Å². The number of aromatic nitrogens is 3. The molecule has 1 aromatic rings. The molecule has 0 aromatic carbocycles. The van der Waals surface area contributed by atoms with Crippen molar-refractivity contribution in [3.05, 3.63) is 44.1 Å². The second kappa shape index (κ2) is 6.23. The van der Waals surface area contributed by atoms with Crippen molar-refractivity contribution in [2.45, 2.75) is 32.7 Å². The van der Waals surface area contributed by atoms with Crippen LogP contribution in [0.4, 0.5) is 0 Å². The normalized spacial score (nSPS) is 18.5. The lowest BCUT2D eigenvalue weighted by atomic mass is 10.2. The Hall–Kier alpha value is -1.93. The van der Waals surface area contributed by atoms with Crippen molar-refractivity contribution in [2.75, 3.05) is 13.2 Å². The summed E-state index contributed by atoms with van der Waals surface area (Å²) in [5.41, 5.74) is -2.01. The maximum absolute atomic E-state index is 12.3. The predicted octanol–water partition coefficient (Wildman–Crippen LogP) is -1.62. The highest BCUT2D eigenvalue weighted by molar-refractivity contribution is 4.84. The average molecular weight is 297 g/mol. The molecule has 0 saturated carbocycles. The first kappa shape index (κ1) is 15.5. The molecule has 1 N–H and O–H groups in total. The SMILES string of the molecule is C=CCn1c(=O)n(CC2CO2)c(=O)n(C[C@@H](C)CO)c1=O. The quantitative estimate of drug-likeness (QED) is 0.482. The van der Waals surface area contributed by atoms with Gasteiger partial charge in [-0.3, -0.25) is 0 Å². The molecule has 1 aliphatic rings. The van der Waals surface area contributed by atoms with E-state index in [4.69, 9.17) is 9.84 Å². The fourth-order valence-corrected chi connectivity index (χ4v) is 2.03. The van der Waals surface area contributed by atoms with E-state index in [1.54, 1.807) is 6.92 Å². The zero-order chi connectivity index (χ0) is 15.6. The van der Waals surface area contributed by atoms with Crippen molar-refractivity contribution in [1.82, 2.24) is 13.7 Å². The molecule has 1 aromatic heterocycles. The van der Waals surface area contributed by atoms with Crippen molar-refractivity contribution in [3.63, 3.8) is 0 Å². The molecule has 21 heavy (non-hydrogen) atoms. The van der Waals surface area contributed by atoms with Crippen molar-refractivity contribution in [3.8, 4) is 0 Å². The summed E-state index contributed by atoms with van der Waals surface area (Å²) in [6, 6.07) is 0. The molecule has 2 atom stereocenters. The highest BCUT2D eigenvalue weighted by atomic mass is 16.6. The van der Waals surface area contributed by atoms with Gasteiger partial charge in [0.15, 0.2) is 0 Å². The number of rotatable bonds is 7. The summed E-state index contributed by atoms with van der Waals surface area (Å²) >= 11 is 0. The molecular formula is C13H19N3O5. The standard InChI is InChI=1S/C13H19N3O5/c1-3-4-14-11(18)15(5-9(2)7-17)13(20)16(12(14)19)6-10-8-21-10/h3,9-10,17H,1,4-8H2,2H3/t9-,10?/m1/s1. The van der Waals surface area contributed by atoms with E-state index in [1.165, 1.54) is 6.08 Å². The van der Waals surface area contributed by atoms with Gasteiger partial charge in [0.2, 0.25) is 0 Å². The fourth-order valence-electron chi connectivity index (χ4n) is 2.03. The molecule has 1 unspecified atom stereocenters. The van der Waals surface area contributed by atoms with Crippen LogP contribution in [-0.2, 0) is 24.4 Å². The molecule has 0 radical (unpaired) electrons. The molecule has 0 amide bonds. The molecule has 0 aliphatic carbocycles. The van der Waals surface area contributed by atoms with Gasteiger partial charge < -0.3 is 9.84 Å². The lowest BCUT2D eigenvalue weighted by Gasteiger charge is -2.14. The smallest absolute Gasteiger partial charge is 0.336 e. The molecule has 0 bridgehead atoms. The van der Waals surface area contributed by atoms with Gasteiger partial charge in [-0.1, -0.05) is 13.0 Å². The van der Waals surface area contributed by atoms with Crippen LogP contribution in [0.25, 0.3) is 0 Å². The third-order valence-corrected chi connectivity index (χ3v) is 3.29. The number of hydrogen-bond acceptors (Lipinski definition) is 5. The van der Waals surface area contributed by atoms with E-state index in [1.807, 2.05) is 0 Å². The second-order valence-corrected chi connectivity index (χ2v) is 5.21. The Morgan fingerprint density at radius 3 is 2.38 bits per heavy atom. The van der Waals surface area contributed by atoms with Crippen LogP contribution in [0.1, 0.15) is 6.92 Å². The molecule has 8 heteroatoms. The van der Waals surface area contributed by atoms with Crippen LogP contribution < -0.4 is 17.1 Å². The maximum atomic E-state index is 12.3. The number of aliphatic hydroxyl groups is 1. The third-order valence-electron chi connectivity index (χ3n) is 3.29. The second-order valence-electron chi connectivity index (χ2n) is 5.21. The van der Waals surface area contributed by atoms with E-state index in [-0.39, 0.29) is 38.3 Å². The van der Waals surface area contributed by atoms with Gasteiger partial charge in [0.1, 0.15) is 0 Å². The van der Waals surface area contributed by atoms with E-state index in [0.29, 0.717) is 6.61 Å². The Balaban J connectivity index is 2.59. The molecule has 8 nitrogen and oxygen atoms in total. The first-order valence-corrected chi connectivity index (χ1v) is 6.77. The zero-order valence-electron chi connectivity index (χ0n) is 11.9. The summed E-state index contributed by atoms with van der Waals surface area (Å²) in [5.74, 6) is -0.268. The van der Waals surface area contributed by atoms with Gasteiger partial charge in [0.25, 0.3) is 0 Å². The average Bonchev–Trinajstić information content (AvgIpc) is 3.28. The molecule has 0 spiro atoms. The highest BCUT2D eigenvalue weighted by Crippen LogP contribution is 2.09. The topological polar surface area (TPSA) is 98.8 Å². The Bertz CT molecular complexity index is 695. The van der Waals surface area contributed by atoms with Crippen LogP contribution in [0.2, 0.25) is 0 Å². The van der Waals surface area contributed by atoms with Crippen molar-refractivity contribution in [2.24, 2.45) is 5.92 Å². The largest absolute Gasteiger partial charge is 0.396 e. The van der Waals surface area contributed by atoms with Crippen LogP contribution in [-0.4, -0.2) is 38.1 Å². The Morgan fingerprint density at radius 2 is 1.86 bits per heavy atom. The minimum Gasteiger partial charge on any atom is -0.396 e. The highest BCUT2D eigenvalue weighted by Gasteiger charge is 2.26. The van der Waals surface area contributed by atoms with E-state index in [9.17, 15) is 14.4 Å². The lowest BCUT2D eigenvalue weighted by Crippen LogP contribution is -2.55. The fraction of sp³-hybridized carbons (Fsp3) is 0.615. The molecule has 2 rings (SSSR count). The minimum absolute atomic E-state index is 0.0248. The molecule has 1 fully saturated rings. The Morgan fingerprint density at radius 1 is 1.29 bits per heavy atom. The van der Waals surface area contributed by atoms with Crippen LogP contribution in [0.3, 0.4) is 0 Å². The number of hydrogen-bond donors (Lipinski definition) is 1. The van der Waals surface area contributed by atoms with Crippen LogP contribution in [0, 0.1) is 5.92 Å². The molecular weight excluding hydrogens is 278 g/mol. The predicted molar refractivity (Wildman–Crippen MR) is 75.4 cm³/mol. The van der Waals surface area contributed by atoms with Crippen LogP contribution in [0.5, 0.6) is 0 Å². The number of aliphatic hydroxyl groups excluding tert-OH is 1. The number of epoxide rings is 1. The summed E-state index contributed by atoms with van der Waals surface area (Å²) in [5, 5.41) is 9.10. The summed E-state index contributed by atoms with van der Waals surface area (Å²) in [7, 11) is 0. The van der Waals surface area contributed by atoms with Gasteiger partial charge >= 0.3 is 17.1 Å². The summed E-state index contributed by atoms with van der Waals surface area (Å²) in [4.78, 5) is 36.8. The van der Waals surface area contributed by atoms with Crippen molar-refractivity contribution < 1.29 is 9.84 Å². The Labute approximate surface area is 120 Å². The molecule has 1 saturated heterocycles. The summed E-state index contributed by atoms with van der Waals surface area (Å²) in [6.45, 7) is 5.77. The van der Waals surface area contributed by atoms with Gasteiger partial charge in [0.05, 0.1) is 25.8 Å². The monoisotopic (exact) mass is 297 g/mol. The molecule has 2 heterocycles. The lowest BCUT2D eigenvalue weighted by molar-refractivity contribution is 0.217. The third kappa shape index (κ3) is 3.22. The van der Waals surface area contributed by atoms with E-state index < -0.39 is 17.1 Å². The number of allylic oxidation sites excluding steroid dienone is 1. The first-order chi connectivity index (χ1) is 9.99. The summed E-state index contributed by atoms with van der Waals surface area (Å²) < 4.78 is 7.99. The Kier molecular flexibility index (Phi) is 4.59. The molecule has 116 valence electrons. The number of nitrogens with zero attached hydrogens (tertiary/aromatic N) is 3. The first-order valence-electron chi connectivity index (χ1n) is 6.77. The summed E-state index contributed by atoms with van der Waals surface area (Å²) in [6.07, 6.45) is 1.26. The number of ether oxygens (including phenoxy) is 1. The van der Waals surface area contributed by atoms with Gasteiger partial charge in [-0.05, 0) is 5.92 Å². The van der Waals surface area contributed by atoms with E-state index in [2.05, 4.69) is 6.58 Å². The van der Waals surface area contributed by atoms with Crippen molar-refractivity contribution in [1.29, 1.82) is 0 Å². The van der Waals surface area contributed by atoms with E-state index in [0.717, 1.165) is 13.7 Å². The van der Waals surface area contributed by atoms with Gasteiger partial charge in [-0.15, -0.1) is 6.58 Å². The van der Waals surface area contributed by atoms with Gasteiger partial charge in [0, 0.05) is 13.2 Å². The minimum atomic E-state index is -0.682. The van der Waals surface area contributed by atoms with Gasteiger partial charge in [-0.25, -0.2) is 28.1 Å². The zero-order valence-corrected chi connectivity index (χ0v) is 11.9. The molecule has 1 aliphatic heterocycles. The van der Waals surface area contributed by atoms with Crippen molar-refractivity contribution >= 4 is 0 Å².